The molecule has 29 heavy (non-hydrogen) atoms. The normalized spacial score (nSPS) is 20.9. The zero-order chi connectivity index (χ0) is 21.0. The SMILES string of the molecule is CC(N1CCC(O)CC1)N1CCN(C(=O)/C=C/c2ccc(Cl)c(Cl)c2)CCC1=O. The molecule has 1 unspecified atom stereocenters. The molecule has 2 fully saturated rings. The van der Waals surface area contributed by atoms with Crippen molar-refractivity contribution >= 4 is 41.1 Å². The number of benzene rings is 1. The molecule has 2 amide bonds. The molecule has 1 N–H and O–H groups in total. The third kappa shape index (κ3) is 5.72. The van der Waals surface area contributed by atoms with Crippen molar-refractivity contribution in [2.75, 3.05) is 32.7 Å². The number of rotatable bonds is 4. The van der Waals surface area contributed by atoms with Crippen molar-refractivity contribution < 1.29 is 14.7 Å². The molecule has 0 bridgehead atoms. The van der Waals surface area contributed by atoms with Crippen LogP contribution in [0.4, 0.5) is 0 Å². The summed E-state index contributed by atoms with van der Waals surface area (Å²) >= 11 is 11.9. The van der Waals surface area contributed by atoms with Crippen molar-refractivity contribution in [3.05, 3.63) is 39.9 Å². The van der Waals surface area contributed by atoms with Crippen LogP contribution in [0.25, 0.3) is 6.08 Å². The van der Waals surface area contributed by atoms with E-state index in [4.69, 9.17) is 23.2 Å². The average molecular weight is 440 g/mol. The average Bonchev–Trinajstić information content (AvgIpc) is 2.90. The summed E-state index contributed by atoms with van der Waals surface area (Å²) in [5.41, 5.74) is 0.793. The number of halogens is 2. The first-order valence-corrected chi connectivity index (χ1v) is 10.7. The second kappa shape index (κ2) is 9.94. The number of aliphatic hydroxyl groups is 1. The van der Waals surface area contributed by atoms with Crippen LogP contribution in [-0.2, 0) is 9.59 Å². The van der Waals surface area contributed by atoms with Crippen molar-refractivity contribution in [1.29, 1.82) is 0 Å². The standard InChI is InChI=1S/C21H27Cl2N3O3/c1-15(24-9-6-17(27)7-10-24)26-13-12-25(11-8-21(26)29)20(28)5-3-16-2-4-18(22)19(23)14-16/h2-5,14-15,17,27H,6-13H2,1H3/b5-3+. The highest BCUT2D eigenvalue weighted by molar-refractivity contribution is 6.42. The Morgan fingerprint density at radius 2 is 1.86 bits per heavy atom. The van der Waals surface area contributed by atoms with Crippen LogP contribution in [0.15, 0.2) is 24.3 Å². The molecule has 6 nitrogen and oxygen atoms in total. The summed E-state index contributed by atoms with van der Waals surface area (Å²) < 4.78 is 0. The van der Waals surface area contributed by atoms with Crippen molar-refractivity contribution in [2.45, 2.75) is 38.5 Å². The highest BCUT2D eigenvalue weighted by Crippen LogP contribution is 2.23. The van der Waals surface area contributed by atoms with Crippen LogP contribution in [0.5, 0.6) is 0 Å². The molecule has 1 aromatic rings. The Labute approximate surface area is 181 Å². The molecule has 3 rings (SSSR count). The third-order valence-electron chi connectivity index (χ3n) is 5.68. The van der Waals surface area contributed by atoms with Gasteiger partial charge in [0.15, 0.2) is 0 Å². The molecule has 0 saturated carbocycles. The Morgan fingerprint density at radius 1 is 1.14 bits per heavy atom. The number of carbonyl (C=O) groups is 2. The maximum Gasteiger partial charge on any atom is 0.246 e. The summed E-state index contributed by atoms with van der Waals surface area (Å²) in [6.07, 6.45) is 4.72. The van der Waals surface area contributed by atoms with Gasteiger partial charge in [0, 0.05) is 45.2 Å². The lowest BCUT2D eigenvalue weighted by Gasteiger charge is -2.40. The van der Waals surface area contributed by atoms with Crippen LogP contribution in [0.3, 0.4) is 0 Å². The molecule has 0 aliphatic carbocycles. The van der Waals surface area contributed by atoms with E-state index in [0.29, 0.717) is 36.1 Å². The number of aliphatic hydroxyl groups excluding tert-OH is 1. The molecule has 2 heterocycles. The van der Waals surface area contributed by atoms with Gasteiger partial charge in [0.2, 0.25) is 11.8 Å². The fourth-order valence-corrected chi connectivity index (χ4v) is 4.11. The summed E-state index contributed by atoms with van der Waals surface area (Å²) in [4.78, 5) is 31.0. The minimum Gasteiger partial charge on any atom is -0.393 e. The van der Waals surface area contributed by atoms with Gasteiger partial charge in [-0.25, -0.2) is 0 Å². The summed E-state index contributed by atoms with van der Waals surface area (Å²) in [5, 5.41) is 10.6. The minimum absolute atomic E-state index is 0.0307. The molecule has 158 valence electrons. The second-order valence-corrected chi connectivity index (χ2v) is 8.38. The maximum absolute atomic E-state index is 12.6. The number of carbonyl (C=O) groups excluding carboxylic acids is 2. The Bertz CT molecular complexity index is 778. The predicted molar refractivity (Wildman–Crippen MR) is 115 cm³/mol. The van der Waals surface area contributed by atoms with Gasteiger partial charge in [-0.1, -0.05) is 29.3 Å². The summed E-state index contributed by atoms with van der Waals surface area (Å²) in [6, 6.07) is 5.19. The van der Waals surface area contributed by atoms with E-state index in [9.17, 15) is 14.7 Å². The second-order valence-electron chi connectivity index (χ2n) is 7.57. The van der Waals surface area contributed by atoms with Crippen LogP contribution >= 0.6 is 23.2 Å². The molecule has 0 radical (unpaired) electrons. The van der Waals surface area contributed by atoms with E-state index in [0.717, 1.165) is 31.5 Å². The fourth-order valence-electron chi connectivity index (χ4n) is 3.80. The number of likely N-dealkylation sites (tertiary alicyclic amines) is 1. The van der Waals surface area contributed by atoms with Crippen molar-refractivity contribution in [3.8, 4) is 0 Å². The lowest BCUT2D eigenvalue weighted by molar-refractivity contribution is -0.137. The molecule has 2 aliphatic heterocycles. The highest BCUT2D eigenvalue weighted by atomic mass is 35.5. The van der Waals surface area contributed by atoms with Gasteiger partial charge in [-0.05, 0) is 43.5 Å². The van der Waals surface area contributed by atoms with Gasteiger partial charge >= 0.3 is 0 Å². The van der Waals surface area contributed by atoms with Gasteiger partial charge in [0.25, 0.3) is 0 Å². The van der Waals surface area contributed by atoms with Gasteiger partial charge in [-0.15, -0.1) is 0 Å². The van der Waals surface area contributed by atoms with Gasteiger partial charge in [0.05, 0.1) is 22.3 Å². The number of piperidine rings is 1. The Balaban J connectivity index is 1.59. The zero-order valence-electron chi connectivity index (χ0n) is 16.6. The van der Waals surface area contributed by atoms with Crippen LogP contribution in [-0.4, -0.2) is 76.6 Å². The third-order valence-corrected chi connectivity index (χ3v) is 6.42. The van der Waals surface area contributed by atoms with E-state index < -0.39 is 0 Å². The lowest BCUT2D eigenvalue weighted by atomic mass is 10.1. The Morgan fingerprint density at radius 3 is 2.55 bits per heavy atom. The summed E-state index contributed by atoms with van der Waals surface area (Å²) in [7, 11) is 0. The highest BCUT2D eigenvalue weighted by Gasteiger charge is 2.30. The van der Waals surface area contributed by atoms with E-state index in [1.807, 2.05) is 11.8 Å². The zero-order valence-corrected chi connectivity index (χ0v) is 18.1. The van der Waals surface area contributed by atoms with Crippen molar-refractivity contribution in [1.82, 2.24) is 14.7 Å². The number of amides is 2. The van der Waals surface area contributed by atoms with Crippen LogP contribution in [0.1, 0.15) is 31.7 Å². The van der Waals surface area contributed by atoms with E-state index in [2.05, 4.69) is 4.90 Å². The van der Waals surface area contributed by atoms with Crippen LogP contribution in [0.2, 0.25) is 10.0 Å². The first kappa shape index (κ1) is 22.1. The van der Waals surface area contributed by atoms with E-state index in [1.165, 1.54) is 6.08 Å². The van der Waals surface area contributed by atoms with E-state index in [-0.39, 0.29) is 24.1 Å². The van der Waals surface area contributed by atoms with Gasteiger partial charge < -0.3 is 14.9 Å². The number of hydrogen-bond donors (Lipinski definition) is 1. The largest absolute Gasteiger partial charge is 0.393 e. The summed E-state index contributed by atoms with van der Waals surface area (Å²) in [6.45, 7) is 4.99. The lowest BCUT2D eigenvalue weighted by Crippen LogP contribution is -2.52. The quantitative estimate of drug-likeness (QED) is 0.732. The van der Waals surface area contributed by atoms with Gasteiger partial charge in [0.1, 0.15) is 0 Å². The molecule has 8 heteroatoms. The smallest absolute Gasteiger partial charge is 0.246 e. The van der Waals surface area contributed by atoms with E-state index >= 15 is 0 Å². The van der Waals surface area contributed by atoms with Crippen molar-refractivity contribution in [3.63, 3.8) is 0 Å². The topological polar surface area (TPSA) is 64.1 Å². The maximum atomic E-state index is 12.6. The monoisotopic (exact) mass is 439 g/mol. The predicted octanol–water partition coefficient (Wildman–Crippen LogP) is 2.87. The minimum atomic E-state index is -0.242. The van der Waals surface area contributed by atoms with Crippen LogP contribution in [0, 0.1) is 0 Å². The first-order chi connectivity index (χ1) is 13.8. The fraction of sp³-hybridized carbons (Fsp3) is 0.524. The molecular weight excluding hydrogens is 413 g/mol. The Kier molecular flexibility index (Phi) is 7.57. The number of nitrogens with zero attached hydrogens (tertiary/aromatic N) is 3. The van der Waals surface area contributed by atoms with Crippen molar-refractivity contribution in [2.24, 2.45) is 0 Å². The molecule has 1 aromatic carbocycles. The van der Waals surface area contributed by atoms with Gasteiger partial charge in [-0.2, -0.15) is 0 Å². The molecule has 2 aliphatic rings. The molecular formula is C21H27Cl2N3O3. The summed E-state index contributed by atoms with van der Waals surface area (Å²) in [5.74, 6) is -0.0631. The molecule has 1 atom stereocenters. The van der Waals surface area contributed by atoms with E-state index in [1.54, 1.807) is 29.2 Å². The number of hydrogen-bond acceptors (Lipinski definition) is 4. The molecule has 0 aromatic heterocycles. The first-order valence-electron chi connectivity index (χ1n) is 9.99. The van der Waals surface area contributed by atoms with Crippen LogP contribution < -0.4 is 0 Å². The molecule has 2 saturated heterocycles. The molecule has 0 spiro atoms. The van der Waals surface area contributed by atoms with Gasteiger partial charge in [-0.3, -0.25) is 14.5 Å². The Hall–Kier alpha value is -1.60.